The monoisotopic (exact) mass is 841 g/mol. The van der Waals surface area contributed by atoms with Crippen molar-refractivity contribution in [2.45, 2.75) is 30.1 Å². The molecule has 0 bridgehead atoms. The Labute approximate surface area is 388 Å². The van der Waals surface area contributed by atoms with Gasteiger partial charge in [0.05, 0.1) is 10.8 Å². The minimum atomic E-state index is -0.529. The fourth-order valence-electron chi connectivity index (χ4n) is 12.4. The van der Waals surface area contributed by atoms with E-state index in [1.54, 1.807) is 0 Å². The highest BCUT2D eigenvalue weighted by Gasteiger charge is 2.48. The number of rotatable bonds is 7. The maximum Gasteiger partial charge on any atom is 0.0714 e. The van der Waals surface area contributed by atoms with Crippen molar-refractivity contribution < 1.29 is 0 Å². The highest BCUT2D eigenvalue weighted by molar-refractivity contribution is 5.94. The van der Waals surface area contributed by atoms with Crippen LogP contribution in [0.1, 0.15) is 69.5 Å². The first kappa shape index (κ1) is 38.5. The Morgan fingerprint density at radius 1 is 0.242 bits per heavy atom. The predicted octanol–water partition coefficient (Wildman–Crippen LogP) is 16.2. The van der Waals surface area contributed by atoms with Crippen LogP contribution < -0.4 is 4.90 Å². The second kappa shape index (κ2) is 14.5. The van der Waals surface area contributed by atoms with Gasteiger partial charge in [0.1, 0.15) is 0 Å². The van der Waals surface area contributed by atoms with Crippen LogP contribution in [0.25, 0.3) is 33.4 Å². The first-order valence-corrected chi connectivity index (χ1v) is 23.3. The summed E-state index contributed by atoms with van der Waals surface area (Å²) in [4.78, 5) is 2.52. The van der Waals surface area contributed by atoms with Gasteiger partial charge in [-0.2, -0.15) is 0 Å². The van der Waals surface area contributed by atoms with Crippen LogP contribution in [0.4, 0.5) is 17.1 Å². The van der Waals surface area contributed by atoms with E-state index >= 15 is 0 Å². The van der Waals surface area contributed by atoms with Crippen LogP contribution in [0.2, 0.25) is 0 Å². The molecule has 0 amide bonds. The normalized spacial score (nSPS) is 14.9. The average molecular weight is 842 g/mol. The van der Waals surface area contributed by atoms with Gasteiger partial charge in [-0.1, -0.05) is 226 Å². The average Bonchev–Trinajstić information content (AvgIpc) is 3.94. The van der Waals surface area contributed by atoms with Crippen LogP contribution in [-0.4, -0.2) is 0 Å². The molecule has 312 valence electrons. The summed E-state index contributed by atoms with van der Waals surface area (Å²) >= 11 is 0. The largest absolute Gasteiger partial charge is 0.310 e. The van der Waals surface area contributed by atoms with Crippen molar-refractivity contribution in [1.82, 2.24) is 0 Å². The summed E-state index contributed by atoms with van der Waals surface area (Å²) in [6.45, 7) is 4.73. The van der Waals surface area contributed by atoms with Crippen LogP contribution in [0.5, 0.6) is 0 Å². The van der Waals surface area contributed by atoms with E-state index in [2.05, 4.69) is 267 Å². The van der Waals surface area contributed by atoms with Gasteiger partial charge in [0.25, 0.3) is 0 Å². The van der Waals surface area contributed by atoms with Crippen molar-refractivity contribution in [3.8, 4) is 33.4 Å². The lowest BCUT2D eigenvalue weighted by atomic mass is 9.67. The van der Waals surface area contributed by atoms with Gasteiger partial charge in [0, 0.05) is 22.5 Å². The van der Waals surface area contributed by atoms with E-state index in [0.717, 1.165) is 17.1 Å². The minimum Gasteiger partial charge on any atom is -0.310 e. The minimum absolute atomic E-state index is 0.102. The maximum absolute atomic E-state index is 2.52. The first-order chi connectivity index (χ1) is 32.5. The maximum atomic E-state index is 2.52. The zero-order valence-electron chi connectivity index (χ0n) is 37.1. The van der Waals surface area contributed by atoms with Crippen molar-refractivity contribution >= 4 is 17.1 Å². The number of hydrogen-bond acceptors (Lipinski definition) is 1. The van der Waals surface area contributed by atoms with Gasteiger partial charge in [0.15, 0.2) is 0 Å². The lowest BCUT2D eigenvalue weighted by molar-refractivity contribution is 0.660. The quantitative estimate of drug-likeness (QED) is 0.155. The SMILES string of the molecule is CC1(C)c2ccccc2-c2cc(N(c3ccc4c(c3)-c3ccccc3C4(c3ccccc3)c3ccccc3)c3ccc4c(c3)C(c3ccccc3)(c3ccccc3)c3ccccc3-4)ccc21. The molecule has 0 atom stereocenters. The Kier molecular flexibility index (Phi) is 8.45. The topological polar surface area (TPSA) is 3.24 Å². The summed E-state index contributed by atoms with van der Waals surface area (Å²) < 4.78 is 0. The third-order valence-corrected chi connectivity index (χ3v) is 15.2. The molecular formula is C65H47N. The van der Waals surface area contributed by atoms with Crippen molar-refractivity contribution in [1.29, 1.82) is 0 Å². The molecule has 13 rings (SSSR count). The molecule has 3 aliphatic rings. The fourth-order valence-corrected chi connectivity index (χ4v) is 12.4. The van der Waals surface area contributed by atoms with Gasteiger partial charge in [0.2, 0.25) is 0 Å². The third kappa shape index (κ3) is 5.23. The van der Waals surface area contributed by atoms with Crippen molar-refractivity contribution in [2.24, 2.45) is 0 Å². The molecule has 66 heavy (non-hydrogen) atoms. The molecule has 10 aromatic rings. The molecule has 0 spiro atoms. The third-order valence-electron chi connectivity index (χ3n) is 15.2. The van der Waals surface area contributed by atoms with Crippen molar-refractivity contribution in [3.63, 3.8) is 0 Å². The Bertz CT molecular complexity index is 3420. The standard InChI is InChI=1S/C65H47N/c1-63(2)57-32-18-15-30-52(57)55-41-48(36-39-58(55)63)66(49-37-40-61-56(42-49)53-31-17-20-34-60(53)64(61,44-21-7-3-8-22-44)45-23-9-4-10-24-45)50-35-38-54-51-29-16-19-33-59(51)65(62(54)43-50,46-25-11-5-12-26-46)47-27-13-6-14-28-47/h3-43H,1-2H3. The Hall–Kier alpha value is -8.00. The second-order valence-corrected chi connectivity index (χ2v) is 18.8. The fraction of sp³-hybridized carbons (Fsp3) is 0.0769. The Balaban J connectivity index is 1.09. The summed E-state index contributed by atoms with van der Waals surface area (Å²) in [5.74, 6) is 0. The van der Waals surface area contributed by atoms with Gasteiger partial charge >= 0.3 is 0 Å². The smallest absolute Gasteiger partial charge is 0.0714 e. The summed E-state index contributed by atoms with van der Waals surface area (Å²) in [6, 6.07) is 93.2. The molecule has 0 N–H and O–H groups in total. The van der Waals surface area contributed by atoms with Crippen molar-refractivity contribution in [3.05, 3.63) is 304 Å². The van der Waals surface area contributed by atoms with Crippen LogP contribution in [0, 0.1) is 0 Å². The van der Waals surface area contributed by atoms with Crippen LogP contribution in [0.15, 0.2) is 249 Å². The molecular weight excluding hydrogens is 795 g/mol. The zero-order chi connectivity index (χ0) is 44.0. The summed E-state index contributed by atoms with van der Waals surface area (Å²) in [5, 5.41) is 0. The van der Waals surface area contributed by atoms with Gasteiger partial charge in [-0.05, 0) is 125 Å². The molecule has 0 heterocycles. The molecule has 0 fully saturated rings. The predicted molar refractivity (Wildman–Crippen MR) is 273 cm³/mol. The number of nitrogens with zero attached hydrogens (tertiary/aromatic N) is 1. The molecule has 0 saturated carbocycles. The lowest BCUT2D eigenvalue weighted by Crippen LogP contribution is -2.29. The van der Waals surface area contributed by atoms with Gasteiger partial charge < -0.3 is 4.90 Å². The van der Waals surface area contributed by atoms with E-state index in [4.69, 9.17) is 0 Å². The van der Waals surface area contributed by atoms with E-state index < -0.39 is 10.8 Å². The molecule has 0 saturated heterocycles. The Morgan fingerprint density at radius 3 is 1.05 bits per heavy atom. The van der Waals surface area contributed by atoms with Crippen LogP contribution >= 0.6 is 0 Å². The number of hydrogen-bond donors (Lipinski definition) is 0. The zero-order valence-corrected chi connectivity index (χ0v) is 37.1. The van der Waals surface area contributed by atoms with E-state index in [0.29, 0.717) is 0 Å². The van der Waals surface area contributed by atoms with Crippen molar-refractivity contribution in [2.75, 3.05) is 4.90 Å². The summed E-state index contributed by atoms with van der Waals surface area (Å²) in [7, 11) is 0. The molecule has 1 heteroatoms. The highest BCUT2D eigenvalue weighted by Crippen LogP contribution is 2.60. The Morgan fingerprint density at radius 2 is 0.545 bits per heavy atom. The van der Waals surface area contributed by atoms with E-state index in [1.165, 1.54) is 89.0 Å². The summed E-state index contributed by atoms with van der Waals surface area (Å²) in [6.07, 6.45) is 0. The van der Waals surface area contributed by atoms with Gasteiger partial charge in [-0.25, -0.2) is 0 Å². The lowest BCUT2D eigenvalue weighted by Gasteiger charge is -2.35. The molecule has 3 aliphatic carbocycles. The van der Waals surface area contributed by atoms with Crippen LogP contribution in [-0.2, 0) is 16.2 Å². The van der Waals surface area contributed by atoms with E-state index in [1.807, 2.05) is 0 Å². The van der Waals surface area contributed by atoms with Gasteiger partial charge in [-0.15, -0.1) is 0 Å². The van der Waals surface area contributed by atoms with Crippen LogP contribution in [0.3, 0.4) is 0 Å². The molecule has 0 aromatic heterocycles. The molecule has 0 unspecified atom stereocenters. The molecule has 1 nitrogen and oxygen atoms in total. The number of anilines is 3. The molecule has 0 aliphatic heterocycles. The highest BCUT2D eigenvalue weighted by atomic mass is 15.1. The summed E-state index contributed by atoms with van der Waals surface area (Å²) in [5.41, 5.74) is 22.9. The van der Waals surface area contributed by atoms with E-state index in [-0.39, 0.29) is 5.41 Å². The second-order valence-electron chi connectivity index (χ2n) is 18.8. The molecule has 0 radical (unpaired) electrons. The first-order valence-electron chi connectivity index (χ1n) is 23.3. The molecule has 10 aromatic carbocycles. The van der Waals surface area contributed by atoms with Gasteiger partial charge in [-0.3, -0.25) is 0 Å². The van der Waals surface area contributed by atoms with E-state index in [9.17, 15) is 0 Å². The number of benzene rings is 10. The number of fused-ring (bicyclic) bond motifs is 9.